The molecule has 3 aromatic heterocycles. The van der Waals surface area contributed by atoms with Gasteiger partial charge in [0.05, 0.1) is 23.3 Å². The highest BCUT2D eigenvalue weighted by Crippen LogP contribution is 2.46. The first-order chi connectivity index (χ1) is 19.6. The van der Waals surface area contributed by atoms with Crippen LogP contribution in [0.2, 0.25) is 5.02 Å². The van der Waals surface area contributed by atoms with Crippen LogP contribution in [0.15, 0.2) is 47.8 Å². The van der Waals surface area contributed by atoms with Crippen molar-refractivity contribution in [2.24, 2.45) is 5.73 Å². The molecule has 1 unspecified atom stereocenters. The highest BCUT2D eigenvalue weighted by molar-refractivity contribution is 7.10. The summed E-state index contributed by atoms with van der Waals surface area (Å²) in [5.41, 5.74) is 13.1. The number of carboxylic acid groups (broad SMARTS) is 1. The molecule has 41 heavy (non-hydrogen) atoms. The van der Waals surface area contributed by atoms with Gasteiger partial charge in [0.15, 0.2) is 5.82 Å². The number of thiazole rings is 1. The lowest BCUT2D eigenvalue weighted by Crippen LogP contribution is -2.34. The van der Waals surface area contributed by atoms with Crippen molar-refractivity contribution in [2.45, 2.75) is 31.3 Å². The Labute approximate surface area is 241 Å². The predicted octanol–water partition coefficient (Wildman–Crippen LogP) is 3.59. The van der Waals surface area contributed by atoms with E-state index in [-0.39, 0.29) is 36.2 Å². The van der Waals surface area contributed by atoms with Crippen LogP contribution >= 0.6 is 22.9 Å². The van der Waals surface area contributed by atoms with Crippen molar-refractivity contribution in [3.8, 4) is 11.5 Å². The average Bonchev–Trinajstić information content (AvgIpc) is 3.61. The maximum absolute atomic E-state index is 14.5. The molecule has 0 spiro atoms. The molecule has 6 rings (SSSR count). The van der Waals surface area contributed by atoms with Gasteiger partial charge in [-0.1, -0.05) is 29.8 Å². The van der Waals surface area contributed by atoms with Crippen LogP contribution in [-0.2, 0) is 28.0 Å². The molecular weight excluding hydrogens is 571 g/mol. The molecular formula is C27H22ClFN8O3S. The topological polar surface area (TPSA) is 175 Å². The van der Waals surface area contributed by atoms with E-state index in [1.807, 2.05) is 0 Å². The Morgan fingerprint density at radius 1 is 1.24 bits per heavy atom. The summed E-state index contributed by atoms with van der Waals surface area (Å²) in [5, 5.41) is 19.8. The molecule has 1 aliphatic rings. The quantitative estimate of drug-likeness (QED) is 0.220. The van der Waals surface area contributed by atoms with Crippen LogP contribution in [0.25, 0.3) is 22.4 Å². The number of hydrogen-bond acceptors (Lipinski definition) is 9. The smallest absolute Gasteiger partial charge is 0.320 e. The molecule has 0 aliphatic carbocycles. The number of hydrogen-bond donors (Lipinski definition) is 4. The summed E-state index contributed by atoms with van der Waals surface area (Å²) in [6, 6.07) is 10.5. The Kier molecular flexibility index (Phi) is 6.44. The van der Waals surface area contributed by atoms with E-state index in [1.54, 1.807) is 53.4 Å². The van der Waals surface area contributed by atoms with E-state index in [0.717, 1.165) is 0 Å². The summed E-state index contributed by atoms with van der Waals surface area (Å²) >= 11 is 7.47. The summed E-state index contributed by atoms with van der Waals surface area (Å²) in [6.45, 7) is 1.80. The van der Waals surface area contributed by atoms with Crippen LogP contribution in [0.3, 0.4) is 0 Å². The standard InChI is InChI=1S/C27H22ClFN8O3S/c1-27(26-32-14(11-41-26)9-17(30)24(38)39)19-21(31)33-23(34-22(19)35-25(27)40)20-15-7-6-13(28)8-18(15)37(36-20)10-12-4-2-3-5-16(12)29/h2-8,11,17H,9-10,30H2,1H3,(H,38,39)(H3,31,33,34,35,40)/t17-,27?/m0/s1. The number of rotatable bonds is 7. The summed E-state index contributed by atoms with van der Waals surface area (Å²) in [4.78, 5) is 38.1. The number of carboxylic acids is 1. The van der Waals surface area contributed by atoms with Gasteiger partial charge < -0.3 is 21.9 Å². The van der Waals surface area contributed by atoms with Crippen LogP contribution in [-0.4, -0.2) is 47.8 Å². The van der Waals surface area contributed by atoms with E-state index in [0.29, 0.717) is 43.4 Å². The predicted molar refractivity (Wildman–Crippen MR) is 152 cm³/mol. The van der Waals surface area contributed by atoms with Crippen LogP contribution in [0, 0.1) is 5.82 Å². The van der Waals surface area contributed by atoms with Gasteiger partial charge in [0.2, 0.25) is 5.91 Å². The molecule has 4 heterocycles. The lowest BCUT2D eigenvalue weighted by Gasteiger charge is -2.20. The van der Waals surface area contributed by atoms with Gasteiger partial charge in [0.1, 0.15) is 39.6 Å². The number of nitrogens with zero attached hydrogens (tertiary/aromatic N) is 5. The van der Waals surface area contributed by atoms with Gasteiger partial charge in [-0.2, -0.15) is 5.10 Å². The molecule has 1 amide bonds. The first kappa shape index (κ1) is 26.7. The van der Waals surface area contributed by atoms with Gasteiger partial charge in [0, 0.05) is 27.8 Å². The fourth-order valence-corrected chi connectivity index (χ4v) is 6.04. The summed E-state index contributed by atoms with van der Waals surface area (Å²) in [7, 11) is 0. The first-order valence-electron chi connectivity index (χ1n) is 12.4. The summed E-state index contributed by atoms with van der Waals surface area (Å²) < 4.78 is 16.1. The number of anilines is 2. The molecule has 14 heteroatoms. The van der Waals surface area contributed by atoms with Crippen molar-refractivity contribution in [3.63, 3.8) is 0 Å². The lowest BCUT2D eigenvalue weighted by molar-refractivity contribution is -0.138. The molecule has 0 bridgehead atoms. The largest absolute Gasteiger partial charge is 0.480 e. The molecule has 2 aromatic carbocycles. The number of nitrogen functional groups attached to an aromatic ring is 1. The van der Waals surface area contributed by atoms with Gasteiger partial charge in [-0.3, -0.25) is 14.3 Å². The number of halogens is 2. The molecule has 208 valence electrons. The minimum atomic E-state index is -1.31. The maximum Gasteiger partial charge on any atom is 0.320 e. The molecule has 11 nitrogen and oxygen atoms in total. The van der Waals surface area contributed by atoms with Crippen molar-refractivity contribution in [2.75, 3.05) is 11.1 Å². The Morgan fingerprint density at radius 2 is 2.02 bits per heavy atom. The summed E-state index contributed by atoms with van der Waals surface area (Å²) in [5.74, 6) is -1.49. The number of aromatic nitrogens is 5. The SMILES string of the molecule is CC1(c2nc(C[C@H](N)C(=O)O)cs2)C(=O)Nc2nc(-c3nn(Cc4ccccc4F)c4cc(Cl)ccc34)nc(N)c21. The normalized spacial score (nSPS) is 17.0. The molecule has 0 fully saturated rings. The fraction of sp³-hybridized carbons (Fsp3) is 0.185. The van der Waals surface area contributed by atoms with Crippen LogP contribution in [0.5, 0.6) is 0 Å². The molecule has 2 atom stereocenters. The second-order valence-electron chi connectivity index (χ2n) is 9.79. The Bertz CT molecular complexity index is 1870. The highest BCUT2D eigenvalue weighted by Gasteiger charge is 2.50. The van der Waals surface area contributed by atoms with Crippen molar-refractivity contribution < 1.29 is 19.1 Å². The van der Waals surface area contributed by atoms with Gasteiger partial charge in [-0.05, 0) is 31.2 Å². The van der Waals surface area contributed by atoms with E-state index in [4.69, 9.17) is 33.3 Å². The van der Waals surface area contributed by atoms with Crippen LogP contribution in [0.4, 0.5) is 16.0 Å². The Hall–Kier alpha value is -4.46. The van der Waals surface area contributed by atoms with E-state index in [2.05, 4.69) is 20.3 Å². The number of carbonyl (C=O) groups excluding carboxylic acids is 1. The number of amides is 1. The number of benzene rings is 2. The van der Waals surface area contributed by atoms with Crippen LogP contribution in [0.1, 0.15) is 28.8 Å². The Balaban J connectivity index is 1.42. The van der Waals surface area contributed by atoms with Crippen molar-refractivity contribution in [1.29, 1.82) is 0 Å². The van der Waals surface area contributed by atoms with E-state index >= 15 is 0 Å². The van der Waals surface area contributed by atoms with E-state index in [1.165, 1.54) is 17.4 Å². The van der Waals surface area contributed by atoms with E-state index < -0.39 is 23.3 Å². The fourth-order valence-electron chi connectivity index (χ4n) is 4.88. The third kappa shape index (κ3) is 4.47. The average molecular weight is 593 g/mol. The second-order valence-corrected chi connectivity index (χ2v) is 11.1. The zero-order valence-corrected chi connectivity index (χ0v) is 23.0. The molecule has 0 saturated heterocycles. The molecule has 0 saturated carbocycles. The lowest BCUT2D eigenvalue weighted by atomic mass is 9.85. The molecule has 0 radical (unpaired) electrons. The van der Waals surface area contributed by atoms with Crippen molar-refractivity contribution >= 4 is 57.4 Å². The highest BCUT2D eigenvalue weighted by atomic mass is 35.5. The number of nitrogens with one attached hydrogen (secondary N) is 1. The molecule has 6 N–H and O–H groups in total. The second kappa shape index (κ2) is 9.87. The van der Waals surface area contributed by atoms with Gasteiger partial charge in [0.25, 0.3) is 0 Å². The molecule has 1 aliphatic heterocycles. The number of carbonyl (C=O) groups is 2. The van der Waals surface area contributed by atoms with Crippen molar-refractivity contribution in [1.82, 2.24) is 24.7 Å². The minimum absolute atomic E-state index is 0.00788. The van der Waals surface area contributed by atoms with E-state index in [9.17, 15) is 14.0 Å². The van der Waals surface area contributed by atoms with Gasteiger partial charge in [-0.25, -0.2) is 19.3 Å². The minimum Gasteiger partial charge on any atom is -0.480 e. The zero-order chi connectivity index (χ0) is 29.1. The maximum atomic E-state index is 14.5. The van der Waals surface area contributed by atoms with Gasteiger partial charge in [-0.15, -0.1) is 11.3 Å². The number of fused-ring (bicyclic) bond motifs is 2. The number of nitrogens with two attached hydrogens (primary N) is 2. The first-order valence-corrected chi connectivity index (χ1v) is 13.6. The Morgan fingerprint density at radius 3 is 2.78 bits per heavy atom. The number of aliphatic carboxylic acids is 1. The third-order valence-electron chi connectivity index (χ3n) is 7.05. The summed E-state index contributed by atoms with van der Waals surface area (Å²) in [6.07, 6.45) is 0.00788. The monoisotopic (exact) mass is 592 g/mol. The molecule has 5 aromatic rings. The zero-order valence-electron chi connectivity index (χ0n) is 21.4. The third-order valence-corrected chi connectivity index (χ3v) is 8.40. The van der Waals surface area contributed by atoms with Crippen LogP contribution < -0.4 is 16.8 Å². The van der Waals surface area contributed by atoms with Crippen molar-refractivity contribution in [3.05, 3.63) is 80.5 Å². The van der Waals surface area contributed by atoms with Gasteiger partial charge >= 0.3 is 5.97 Å².